The number of amides is 1. The number of esters is 1. The van der Waals surface area contributed by atoms with Gasteiger partial charge < -0.3 is 44.0 Å². The van der Waals surface area contributed by atoms with Gasteiger partial charge in [0.25, 0.3) is 0 Å². The lowest BCUT2D eigenvalue weighted by Crippen LogP contribution is -2.63. The second kappa shape index (κ2) is 20.5. The van der Waals surface area contributed by atoms with Crippen molar-refractivity contribution in [2.75, 3.05) is 26.0 Å². The lowest BCUT2D eigenvalue weighted by molar-refractivity contribution is -0.304. The molecular formula is C39H55F3N2O11. The highest BCUT2D eigenvalue weighted by molar-refractivity contribution is 5.91. The first-order valence-corrected chi connectivity index (χ1v) is 18.4. The van der Waals surface area contributed by atoms with Gasteiger partial charge in [-0.15, -0.1) is 0 Å². The SMILES string of the molecule is CC[C@H]1OC(=O)C[C@@H](O)C(C)[C@@H](O[C@@H]2O[C@H](C)[C@@H](O)[C@H](N(C)C)[C@H]2O)[C@@H](CC=O)C[C@@H](C)C(=O)/C=C/C(C)=C/[C@@H]1COC(=O)Nc1ccc(C(F)(F)F)cc1. The number of likely N-dealkylation sites (N-methyl/N-ethyl adjacent to an activating group) is 1. The molecule has 1 amide bonds. The zero-order valence-corrected chi connectivity index (χ0v) is 32.3. The fraction of sp³-hybridized carbons (Fsp3) is 0.641. The van der Waals surface area contributed by atoms with Crippen LogP contribution in [0.1, 0.15) is 65.9 Å². The van der Waals surface area contributed by atoms with Crippen molar-refractivity contribution in [3.63, 3.8) is 0 Å². The minimum Gasteiger partial charge on any atom is -0.462 e. The van der Waals surface area contributed by atoms with E-state index in [0.29, 0.717) is 11.9 Å². The van der Waals surface area contributed by atoms with Crippen molar-refractivity contribution in [3.05, 3.63) is 53.6 Å². The Morgan fingerprint density at radius 1 is 1.05 bits per heavy atom. The molecule has 4 N–H and O–H groups in total. The van der Waals surface area contributed by atoms with E-state index >= 15 is 0 Å². The van der Waals surface area contributed by atoms with Crippen LogP contribution in [0.15, 0.2) is 48.1 Å². The van der Waals surface area contributed by atoms with E-state index < -0.39 is 103 Å². The number of hydrogen-bond acceptors (Lipinski definition) is 12. The summed E-state index contributed by atoms with van der Waals surface area (Å²) in [5.74, 6) is -3.97. The van der Waals surface area contributed by atoms with E-state index in [-0.39, 0.29) is 37.3 Å². The van der Waals surface area contributed by atoms with Gasteiger partial charge in [0, 0.05) is 29.9 Å². The summed E-state index contributed by atoms with van der Waals surface area (Å²) in [6.07, 6.45) is -8.17. The monoisotopic (exact) mass is 784 g/mol. The average molecular weight is 785 g/mol. The fourth-order valence-electron chi connectivity index (χ4n) is 6.98. The van der Waals surface area contributed by atoms with Gasteiger partial charge in [0.15, 0.2) is 12.1 Å². The highest BCUT2D eigenvalue weighted by Crippen LogP contribution is 2.35. The number of aliphatic hydroxyl groups excluding tert-OH is 3. The van der Waals surface area contributed by atoms with Crippen LogP contribution < -0.4 is 5.32 Å². The third kappa shape index (κ3) is 12.9. The topological polar surface area (TPSA) is 181 Å². The van der Waals surface area contributed by atoms with Crippen molar-refractivity contribution >= 4 is 29.8 Å². The molecule has 0 radical (unpaired) electrons. The summed E-state index contributed by atoms with van der Waals surface area (Å²) in [6, 6.07) is 3.02. The summed E-state index contributed by atoms with van der Waals surface area (Å²) in [5.41, 5.74) is -0.263. The van der Waals surface area contributed by atoms with Gasteiger partial charge in [-0.1, -0.05) is 38.5 Å². The van der Waals surface area contributed by atoms with Crippen LogP contribution in [0.2, 0.25) is 0 Å². The van der Waals surface area contributed by atoms with Crippen LogP contribution in [0, 0.1) is 23.7 Å². The minimum absolute atomic E-state index is 0.0618. The van der Waals surface area contributed by atoms with Crippen molar-refractivity contribution in [3.8, 4) is 0 Å². The largest absolute Gasteiger partial charge is 0.462 e. The number of nitrogens with one attached hydrogen (secondary N) is 1. The third-order valence-corrected chi connectivity index (χ3v) is 10.2. The molecule has 0 saturated carbocycles. The number of halogens is 3. The highest BCUT2D eigenvalue weighted by Gasteiger charge is 2.47. The minimum atomic E-state index is -4.55. The molecule has 0 spiro atoms. The lowest BCUT2D eigenvalue weighted by Gasteiger charge is -2.46. The standard InChI is InChI=1S/C39H55F3N2O11/c1-8-31-26(20-52-38(51)43-28-12-10-27(11-13-28)39(40,41)42)17-21(2)9-14-29(46)22(3)18-25(15-16-45)36(23(4)30(47)19-32(48)54-31)55-37-35(50)33(44(6)7)34(49)24(5)53-37/h9-14,16-17,22-26,30-31,33-37,47,49-50H,8,15,18-20H2,1-7H3,(H,43,51)/b14-9+,21-17+/t22-,23?,24-,25+,26-,30-,31-,33+,34-,35-,36-,37+/m1/s1. The molecule has 13 nitrogen and oxygen atoms in total. The number of ether oxygens (including phenoxy) is 4. The molecule has 308 valence electrons. The molecule has 0 aromatic heterocycles. The van der Waals surface area contributed by atoms with Crippen LogP contribution in [0.3, 0.4) is 0 Å². The van der Waals surface area contributed by atoms with Gasteiger partial charge in [0.2, 0.25) is 0 Å². The van der Waals surface area contributed by atoms with E-state index in [9.17, 15) is 47.7 Å². The molecule has 55 heavy (non-hydrogen) atoms. The summed E-state index contributed by atoms with van der Waals surface area (Å²) in [4.78, 5) is 53.1. The summed E-state index contributed by atoms with van der Waals surface area (Å²) in [6.45, 7) is 8.03. The van der Waals surface area contributed by atoms with Crippen molar-refractivity contribution in [1.29, 1.82) is 0 Å². The predicted octanol–water partition coefficient (Wildman–Crippen LogP) is 4.68. The summed E-state index contributed by atoms with van der Waals surface area (Å²) >= 11 is 0. The highest BCUT2D eigenvalue weighted by atomic mass is 19.4. The fourth-order valence-corrected chi connectivity index (χ4v) is 6.98. The first-order valence-electron chi connectivity index (χ1n) is 18.4. The number of nitrogens with zero attached hydrogens (tertiary/aromatic N) is 1. The second-order valence-electron chi connectivity index (χ2n) is 14.7. The molecule has 1 aromatic carbocycles. The van der Waals surface area contributed by atoms with Gasteiger partial charge in [0.05, 0.1) is 42.4 Å². The summed E-state index contributed by atoms with van der Waals surface area (Å²) in [7, 11) is 3.36. The van der Waals surface area contributed by atoms with E-state index in [0.717, 1.165) is 24.3 Å². The maximum absolute atomic E-state index is 13.4. The molecule has 0 bridgehead atoms. The Hall–Kier alpha value is -3.67. The molecule has 2 aliphatic rings. The maximum atomic E-state index is 13.4. The van der Waals surface area contributed by atoms with E-state index in [2.05, 4.69) is 5.32 Å². The maximum Gasteiger partial charge on any atom is 0.416 e. The Balaban J connectivity index is 1.90. The zero-order valence-electron chi connectivity index (χ0n) is 32.3. The van der Waals surface area contributed by atoms with E-state index in [1.54, 1.807) is 65.8 Å². The number of anilines is 1. The molecule has 16 heteroatoms. The van der Waals surface area contributed by atoms with Crippen LogP contribution >= 0.6 is 0 Å². The Morgan fingerprint density at radius 3 is 2.29 bits per heavy atom. The van der Waals surface area contributed by atoms with Crippen molar-refractivity contribution < 1.29 is 66.6 Å². The van der Waals surface area contributed by atoms with Crippen molar-refractivity contribution in [2.45, 2.75) is 115 Å². The smallest absolute Gasteiger partial charge is 0.416 e. The predicted molar refractivity (Wildman–Crippen MR) is 194 cm³/mol. The van der Waals surface area contributed by atoms with Crippen LogP contribution in [-0.4, -0.2) is 114 Å². The Labute approximate surface area is 319 Å². The van der Waals surface area contributed by atoms with Crippen LogP contribution in [0.5, 0.6) is 0 Å². The van der Waals surface area contributed by atoms with Gasteiger partial charge in [-0.2, -0.15) is 13.2 Å². The third-order valence-electron chi connectivity index (χ3n) is 10.2. The number of hydrogen-bond donors (Lipinski definition) is 4. The summed E-state index contributed by atoms with van der Waals surface area (Å²) < 4.78 is 62.3. The van der Waals surface area contributed by atoms with E-state index in [1.807, 2.05) is 0 Å². The first kappa shape index (κ1) is 45.7. The van der Waals surface area contributed by atoms with Gasteiger partial charge >= 0.3 is 18.2 Å². The number of ketones is 1. The lowest BCUT2D eigenvalue weighted by atomic mass is 9.79. The number of aliphatic hydroxyl groups is 3. The molecule has 1 unspecified atom stereocenters. The number of allylic oxidation sites excluding steroid dienone is 3. The molecule has 12 atom stereocenters. The molecule has 2 heterocycles. The Kier molecular flexibility index (Phi) is 17.0. The number of rotatable bonds is 9. The van der Waals surface area contributed by atoms with Crippen molar-refractivity contribution in [2.24, 2.45) is 23.7 Å². The number of cyclic esters (lactones) is 1. The van der Waals surface area contributed by atoms with Gasteiger partial charge in [-0.3, -0.25) is 14.9 Å². The zero-order chi connectivity index (χ0) is 41.2. The van der Waals surface area contributed by atoms with Gasteiger partial charge in [0.1, 0.15) is 25.1 Å². The molecule has 1 aromatic rings. The van der Waals surface area contributed by atoms with Crippen molar-refractivity contribution in [1.82, 2.24) is 4.90 Å². The number of alkyl halides is 3. The molecule has 0 aliphatic carbocycles. The average Bonchev–Trinajstić information content (AvgIpc) is 3.11. The van der Waals surface area contributed by atoms with E-state index in [4.69, 9.17) is 18.9 Å². The number of carbonyl (C=O) groups excluding carboxylic acids is 4. The van der Waals surface area contributed by atoms with Crippen LogP contribution in [0.4, 0.5) is 23.7 Å². The number of aldehydes is 1. The van der Waals surface area contributed by atoms with Gasteiger partial charge in [-0.25, -0.2) is 4.79 Å². The molecular weight excluding hydrogens is 729 g/mol. The number of carbonyl (C=O) groups is 4. The quantitative estimate of drug-likeness (QED) is 0.201. The summed E-state index contributed by atoms with van der Waals surface area (Å²) in [5, 5.41) is 35.8. The van der Waals surface area contributed by atoms with Gasteiger partial charge in [-0.05, 0) is 77.0 Å². The van der Waals surface area contributed by atoms with Crippen LogP contribution in [-0.2, 0) is 39.5 Å². The first-order chi connectivity index (χ1) is 25.8. The molecule has 2 aliphatic heterocycles. The molecule has 1 saturated heterocycles. The number of benzene rings is 1. The Bertz CT molecular complexity index is 1500. The second-order valence-corrected chi connectivity index (χ2v) is 14.7. The van der Waals surface area contributed by atoms with E-state index in [1.165, 1.54) is 6.08 Å². The normalized spacial score (nSPS) is 34.6. The Morgan fingerprint density at radius 2 is 1.71 bits per heavy atom. The van der Waals surface area contributed by atoms with Crippen LogP contribution in [0.25, 0.3) is 0 Å². The molecule has 3 rings (SSSR count). The molecule has 1 fully saturated rings.